The first-order valence-corrected chi connectivity index (χ1v) is 12.6. The third-order valence-corrected chi connectivity index (χ3v) is 6.47. The minimum absolute atomic E-state index is 0.00547. The van der Waals surface area contributed by atoms with Crippen molar-refractivity contribution in [3.05, 3.63) is 46.8 Å². The number of hydrogen-bond donors (Lipinski definition) is 1. The lowest BCUT2D eigenvalue weighted by molar-refractivity contribution is -0.137. The summed E-state index contributed by atoms with van der Waals surface area (Å²) in [6.07, 6.45) is 8.71. The van der Waals surface area contributed by atoms with Crippen molar-refractivity contribution in [3.63, 3.8) is 0 Å². The molecule has 0 aliphatic carbocycles. The molecule has 0 amide bonds. The van der Waals surface area contributed by atoms with Gasteiger partial charge in [-0.25, -0.2) is 0 Å². The molecule has 3 heterocycles. The standard InChI is InChI=1S/C22H26Cl2N2O2S.C2H6/c1-13(2)20-19-17(6-9-25-20)26-10-7-15(12-18(27)28)21(26)22(19)29-16(5-4-8-23)11-14(3)24;1-2/h4-6,9,11,13-15H,7-8,10,12H2,1-3H3,(H,27,28);1-2H3/b5-4-,16-11+;. The van der Waals surface area contributed by atoms with Gasteiger partial charge in [0, 0.05) is 45.4 Å². The van der Waals surface area contributed by atoms with E-state index in [1.807, 2.05) is 51.3 Å². The van der Waals surface area contributed by atoms with Crippen molar-refractivity contribution in [1.82, 2.24) is 9.55 Å². The number of nitrogens with zero attached hydrogens (tertiary/aromatic N) is 2. The topological polar surface area (TPSA) is 55.1 Å². The molecular formula is C24H32Cl2N2O2S. The van der Waals surface area contributed by atoms with Gasteiger partial charge in [-0.15, -0.1) is 23.2 Å². The second-order valence-corrected chi connectivity index (χ2v) is 9.68. The molecule has 4 nitrogen and oxygen atoms in total. The molecule has 0 fully saturated rings. The molecule has 0 saturated heterocycles. The van der Waals surface area contributed by atoms with Crippen LogP contribution in [0.4, 0.5) is 0 Å². The van der Waals surface area contributed by atoms with Gasteiger partial charge >= 0.3 is 5.97 Å². The van der Waals surface area contributed by atoms with E-state index in [9.17, 15) is 9.90 Å². The van der Waals surface area contributed by atoms with Crippen LogP contribution in [0.5, 0.6) is 0 Å². The van der Waals surface area contributed by atoms with E-state index in [-0.39, 0.29) is 23.6 Å². The van der Waals surface area contributed by atoms with Crippen molar-refractivity contribution in [3.8, 4) is 0 Å². The van der Waals surface area contributed by atoms with Gasteiger partial charge in [-0.05, 0) is 25.3 Å². The summed E-state index contributed by atoms with van der Waals surface area (Å²) in [5.74, 6) is -0.0890. The lowest BCUT2D eigenvalue weighted by Crippen LogP contribution is -2.04. The predicted molar refractivity (Wildman–Crippen MR) is 134 cm³/mol. The normalized spacial score (nSPS) is 17.2. The highest BCUT2D eigenvalue weighted by molar-refractivity contribution is 8.03. The van der Waals surface area contributed by atoms with Gasteiger partial charge in [0.05, 0.1) is 23.0 Å². The summed E-state index contributed by atoms with van der Waals surface area (Å²) < 4.78 is 2.28. The summed E-state index contributed by atoms with van der Waals surface area (Å²) in [5.41, 5.74) is 3.28. The number of pyridine rings is 1. The van der Waals surface area contributed by atoms with Crippen molar-refractivity contribution < 1.29 is 9.90 Å². The molecule has 2 atom stereocenters. The zero-order valence-corrected chi connectivity index (χ0v) is 21.2. The monoisotopic (exact) mass is 482 g/mol. The van der Waals surface area contributed by atoms with Crippen LogP contribution in [-0.4, -0.2) is 31.9 Å². The Morgan fingerprint density at radius 1 is 1.39 bits per heavy atom. The minimum Gasteiger partial charge on any atom is -0.481 e. The minimum atomic E-state index is -0.765. The highest BCUT2D eigenvalue weighted by atomic mass is 35.5. The van der Waals surface area contributed by atoms with Crippen LogP contribution < -0.4 is 0 Å². The van der Waals surface area contributed by atoms with E-state index >= 15 is 0 Å². The molecule has 1 N–H and O–H groups in total. The smallest absolute Gasteiger partial charge is 0.304 e. The van der Waals surface area contributed by atoms with E-state index in [2.05, 4.69) is 23.4 Å². The van der Waals surface area contributed by atoms with Gasteiger partial charge in [0.15, 0.2) is 0 Å². The molecule has 2 aromatic heterocycles. The average Bonchev–Trinajstić information content (AvgIpc) is 3.26. The first kappa shape index (κ1) is 25.8. The maximum Gasteiger partial charge on any atom is 0.304 e. The van der Waals surface area contributed by atoms with Crippen molar-refractivity contribution in [2.24, 2.45) is 0 Å². The van der Waals surface area contributed by atoms with Crippen molar-refractivity contribution in [2.45, 2.75) is 76.1 Å². The van der Waals surface area contributed by atoms with E-state index < -0.39 is 5.97 Å². The van der Waals surface area contributed by atoms with Gasteiger partial charge in [0.2, 0.25) is 0 Å². The van der Waals surface area contributed by atoms with Crippen LogP contribution >= 0.6 is 35.0 Å². The number of carbonyl (C=O) groups is 1. The Kier molecular flexibility index (Phi) is 9.98. The van der Waals surface area contributed by atoms with Gasteiger partial charge in [-0.1, -0.05) is 57.7 Å². The van der Waals surface area contributed by atoms with Gasteiger partial charge in [0.25, 0.3) is 0 Å². The van der Waals surface area contributed by atoms with Gasteiger partial charge < -0.3 is 9.67 Å². The van der Waals surface area contributed by atoms with Crippen LogP contribution in [0.1, 0.15) is 70.7 Å². The molecule has 0 radical (unpaired) electrons. The summed E-state index contributed by atoms with van der Waals surface area (Å²) in [6, 6.07) is 2.04. The Labute approximate surface area is 199 Å². The second kappa shape index (κ2) is 12.0. The molecule has 0 bridgehead atoms. The predicted octanol–water partition coefficient (Wildman–Crippen LogP) is 7.55. The van der Waals surface area contributed by atoms with Crippen LogP contribution in [0.25, 0.3) is 10.9 Å². The third-order valence-electron chi connectivity index (χ3n) is 5.04. The van der Waals surface area contributed by atoms with Crippen LogP contribution in [0.15, 0.2) is 40.3 Å². The highest BCUT2D eigenvalue weighted by Crippen LogP contribution is 2.48. The molecule has 1 aliphatic rings. The van der Waals surface area contributed by atoms with Crippen LogP contribution in [0.3, 0.4) is 0 Å². The Bertz CT molecular complexity index is 964. The molecule has 0 spiro atoms. The van der Waals surface area contributed by atoms with Crippen molar-refractivity contribution in [1.29, 1.82) is 0 Å². The SMILES string of the molecule is CC.CC(Cl)/C=C(\C=C/CCl)Sc1c2n(c3ccnc(C(C)C)c13)CCC2CC(=O)O. The van der Waals surface area contributed by atoms with E-state index in [4.69, 9.17) is 23.2 Å². The van der Waals surface area contributed by atoms with Gasteiger partial charge in [-0.3, -0.25) is 9.78 Å². The fourth-order valence-electron chi connectivity index (χ4n) is 3.95. The van der Waals surface area contributed by atoms with Crippen LogP contribution in [-0.2, 0) is 11.3 Å². The highest BCUT2D eigenvalue weighted by Gasteiger charge is 2.33. The van der Waals surface area contributed by atoms with E-state index in [1.165, 1.54) is 0 Å². The van der Waals surface area contributed by atoms with Crippen molar-refractivity contribution >= 4 is 51.8 Å². The number of hydrogen-bond acceptors (Lipinski definition) is 3. The summed E-state index contributed by atoms with van der Waals surface area (Å²) >= 11 is 13.8. The molecule has 2 aromatic rings. The lowest BCUT2D eigenvalue weighted by Gasteiger charge is -2.13. The maximum atomic E-state index is 11.5. The fourth-order valence-corrected chi connectivity index (χ4v) is 5.62. The van der Waals surface area contributed by atoms with Crippen LogP contribution in [0.2, 0.25) is 0 Å². The van der Waals surface area contributed by atoms with Crippen molar-refractivity contribution in [2.75, 3.05) is 5.88 Å². The summed E-state index contributed by atoms with van der Waals surface area (Å²) in [7, 11) is 0. The maximum absolute atomic E-state index is 11.5. The summed E-state index contributed by atoms with van der Waals surface area (Å²) in [5, 5.41) is 10.4. The number of thioether (sulfide) groups is 1. The number of fused-ring (bicyclic) bond motifs is 3. The molecular weight excluding hydrogens is 451 g/mol. The van der Waals surface area contributed by atoms with E-state index in [0.717, 1.165) is 45.1 Å². The number of carboxylic acids is 1. The molecule has 7 heteroatoms. The number of carboxylic acid groups (broad SMARTS) is 1. The number of rotatable bonds is 8. The zero-order valence-electron chi connectivity index (χ0n) is 18.9. The largest absolute Gasteiger partial charge is 0.481 e. The Balaban J connectivity index is 0.00000166. The van der Waals surface area contributed by atoms with E-state index in [1.54, 1.807) is 11.8 Å². The number of halogens is 2. The number of alkyl halides is 2. The molecule has 1 aliphatic heterocycles. The third kappa shape index (κ3) is 6.09. The number of aromatic nitrogens is 2. The number of aryl methyl sites for hydroxylation is 1. The number of aliphatic carboxylic acids is 1. The van der Waals surface area contributed by atoms with Gasteiger partial charge in [0.1, 0.15) is 0 Å². The average molecular weight is 484 g/mol. The zero-order chi connectivity index (χ0) is 23.1. The molecule has 0 saturated carbocycles. The lowest BCUT2D eigenvalue weighted by atomic mass is 9.99. The molecule has 170 valence electrons. The first-order valence-electron chi connectivity index (χ1n) is 10.8. The summed E-state index contributed by atoms with van der Waals surface area (Å²) in [4.78, 5) is 18.3. The first-order chi connectivity index (χ1) is 14.8. The quantitative estimate of drug-likeness (QED) is 0.239. The Morgan fingerprint density at radius 3 is 2.68 bits per heavy atom. The van der Waals surface area contributed by atoms with E-state index in [0.29, 0.717) is 5.88 Å². The number of allylic oxidation sites excluding steroid dienone is 3. The fraction of sp³-hybridized carbons (Fsp3) is 0.500. The Hall–Kier alpha value is -1.43. The van der Waals surface area contributed by atoms with Crippen LogP contribution in [0, 0.1) is 0 Å². The molecule has 3 rings (SSSR count). The Morgan fingerprint density at radius 2 is 2.10 bits per heavy atom. The molecule has 31 heavy (non-hydrogen) atoms. The molecule has 0 aromatic carbocycles. The van der Waals surface area contributed by atoms with Gasteiger partial charge in [-0.2, -0.15) is 0 Å². The second-order valence-electron chi connectivity index (χ2n) is 7.60. The summed E-state index contributed by atoms with van der Waals surface area (Å²) in [6.45, 7) is 11.0. The molecule has 2 unspecified atom stereocenters.